The zero-order chi connectivity index (χ0) is 13.2. The minimum Gasteiger partial charge on any atom is -0.435 e. The van der Waals surface area contributed by atoms with Gasteiger partial charge in [0.05, 0.1) is 0 Å². The van der Waals surface area contributed by atoms with Crippen molar-refractivity contribution in [1.29, 1.82) is 0 Å². The van der Waals surface area contributed by atoms with Crippen LogP contribution in [0.3, 0.4) is 0 Å². The molecule has 0 aliphatic rings. The van der Waals surface area contributed by atoms with Crippen molar-refractivity contribution in [2.24, 2.45) is 5.73 Å². The number of hydrogen-bond acceptors (Lipinski definition) is 4. The van der Waals surface area contributed by atoms with Crippen LogP contribution in [0, 0.1) is 0 Å². The lowest BCUT2D eigenvalue weighted by molar-refractivity contribution is 0.617. The third-order valence-corrected chi connectivity index (χ3v) is 2.64. The molecule has 0 radical (unpaired) electrons. The van der Waals surface area contributed by atoms with E-state index in [2.05, 4.69) is 15.3 Å². The molecule has 0 aliphatic heterocycles. The summed E-state index contributed by atoms with van der Waals surface area (Å²) in [5.74, 6) is 0.489. The van der Waals surface area contributed by atoms with Gasteiger partial charge in [0, 0.05) is 11.9 Å². The Hall–Kier alpha value is -2.47. The van der Waals surface area contributed by atoms with Gasteiger partial charge in [-0.25, -0.2) is 4.98 Å². The molecule has 94 valence electrons. The number of rotatable bonds is 2. The normalized spacial score (nSPS) is 10.5. The smallest absolute Gasteiger partial charge is 0.246 e. The summed E-state index contributed by atoms with van der Waals surface area (Å²) in [5, 5.41) is 3.07. The van der Waals surface area contributed by atoms with Crippen LogP contribution in [-0.2, 0) is 0 Å². The molecule has 2 aromatic heterocycles. The van der Waals surface area contributed by atoms with Gasteiger partial charge in [-0.2, -0.15) is 0 Å². The van der Waals surface area contributed by atoms with Crippen molar-refractivity contribution < 1.29 is 4.42 Å². The molecule has 0 bridgehead atoms. The van der Waals surface area contributed by atoms with Gasteiger partial charge in [0.2, 0.25) is 5.89 Å². The van der Waals surface area contributed by atoms with Crippen LogP contribution in [0.1, 0.15) is 0 Å². The fourth-order valence-corrected chi connectivity index (χ4v) is 1.86. The van der Waals surface area contributed by atoms with Crippen LogP contribution < -0.4 is 11.1 Å². The molecule has 0 amide bonds. The maximum absolute atomic E-state index is 5.65. The van der Waals surface area contributed by atoms with Crippen molar-refractivity contribution in [3.63, 3.8) is 0 Å². The highest BCUT2D eigenvalue weighted by molar-refractivity contribution is 7.80. The zero-order valence-corrected chi connectivity index (χ0v) is 10.6. The quantitative estimate of drug-likeness (QED) is 0.697. The summed E-state index contributed by atoms with van der Waals surface area (Å²) >= 11 is 4.79. The number of nitrogens with one attached hydrogen (secondary N) is 1. The van der Waals surface area contributed by atoms with E-state index in [1.807, 2.05) is 36.4 Å². The molecule has 0 saturated heterocycles. The first-order chi connectivity index (χ1) is 9.22. The number of pyridine rings is 1. The average molecular weight is 270 g/mol. The fraction of sp³-hybridized carbons (Fsp3) is 0. The third kappa shape index (κ3) is 2.38. The van der Waals surface area contributed by atoms with Gasteiger partial charge in [0.25, 0.3) is 0 Å². The topological polar surface area (TPSA) is 77.0 Å². The summed E-state index contributed by atoms with van der Waals surface area (Å²) in [6.07, 6.45) is 1.70. The van der Waals surface area contributed by atoms with E-state index in [4.69, 9.17) is 22.4 Å². The van der Waals surface area contributed by atoms with Gasteiger partial charge in [-0.3, -0.25) is 4.98 Å². The Labute approximate surface area is 114 Å². The number of oxazole rings is 1. The van der Waals surface area contributed by atoms with Crippen LogP contribution in [0.2, 0.25) is 0 Å². The van der Waals surface area contributed by atoms with Crippen LogP contribution in [0.5, 0.6) is 0 Å². The zero-order valence-electron chi connectivity index (χ0n) is 9.83. The Bertz CT molecular complexity index is 739. The van der Waals surface area contributed by atoms with Gasteiger partial charge in [-0.15, -0.1) is 0 Å². The Kier molecular flexibility index (Phi) is 2.85. The molecule has 2 heterocycles. The van der Waals surface area contributed by atoms with Crippen molar-refractivity contribution in [2.75, 3.05) is 5.32 Å². The summed E-state index contributed by atoms with van der Waals surface area (Å²) < 4.78 is 5.65. The highest BCUT2D eigenvalue weighted by atomic mass is 32.1. The molecule has 1 aromatic carbocycles. The predicted molar refractivity (Wildman–Crippen MR) is 77.6 cm³/mol. The first kappa shape index (κ1) is 11.6. The molecule has 19 heavy (non-hydrogen) atoms. The van der Waals surface area contributed by atoms with Gasteiger partial charge in [-0.1, -0.05) is 6.07 Å². The van der Waals surface area contributed by atoms with E-state index in [9.17, 15) is 0 Å². The lowest BCUT2D eigenvalue weighted by Gasteiger charge is -2.01. The molecule has 0 spiro atoms. The van der Waals surface area contributed by atoms with E-state index >= 15 is 0 Å². The lowest BCUT2D eigenvalue weighted by atomic mass is 10.3. The predicted octanol–water partition coefficient (Wildman–Crippen LogP) is 2.55. The molecular formula is C13H10N4OS. The summed E-state index contributed by atoms with van der Waals surface area (Å²) in [6.45, 7) is 0. The summed E-state index contributed by atoms with van der Waals surface area (Å²) in [6, 6.07) is 11.0. The molecule has 3 N–H and O–H groups in total. The second-order valence-corrected chi connectivity index (χ2v) is 4.35. The summed E-state index contributed by atoms with van der Waals surface area (Å²) in [4.78, 5) is 8.60. The van der Waals surface area contributed by atoms with E-state index in [1.165, 1.54) is 0 Å². The van der Waals surface area contributed by atoms with Gasteiger partial charge in [-0.05, 0) is 42.5 Å². The second-order valence-electron chi connectivity index (χ2n) is 3.91. The number of anilines is 1. The fourth-order valence-electron chi connectivity index (χ4n) is 1.75. The highest BCUT2D eigenvalue weighted by Gasteiger charge is 2.09. The monoisotopic (exact) mass is 270 g/mol. The SMILES string of the molecule is NC(=S)Nc1ccc2oc(-c3ccccn3)nc2c1. The standard InChI is InChI=1S/C13H10N4OS/c14-13(19)16-8-4-5-11-10(7-8)17-12(18-11)9-3-1-2-6-15-9/h1-7H,(H3,14,16,19). The molecule has 0 unspecified atom stereocenters. The van der Waals surface area contributed by atoms with E-state index in [-0.39, 0.29) is 5.11 Å². The average Bonchev–Trinajstić information content (AvgIpc) is 2.82. The van der Waals surface area contributed by atoms with Crippen LogP contribution in [0.15, 0.2) is 47.0 Å². The van der Waals surface area contributed by atoms with E-state index in [0.29, 0.717) is 17.2 Å². The number of aromatic nitrogens is 2. The molecule has 0 fully saturated rings. The van der Waals surface area contributed by atoms with Crippen molar-refractivity contribution >= 4 is 34.1 Å². The molecule has 0 aliphatic carbocycles. The Balaban J connectivity index is 2.04. The van der Waals surface area contributed by atoms with Crippen LogP contribution in [-0.4, -0.2) is 15.1 Å². The van der Waals surface area contributed by atoms with Crippen LogP contribution in [0.4, 0.5) is 5.69 Å². The molecule has 0 atom stereocenters. The van der Waals surface area contributed by atoms with Crippen molar-refractivity contribution in [1.82, 2.24) is 9.97 Å². The van der Waals surface area contributed by atoms with Crippen molar-refractivity contribution in [2.45, 2.75) is 0 Å². The summed E-state index contributed by atoms with van der Waals surface area (Å²) in [5.41, 5.74) is 8.32. The molecule has 3 aromatic rings. The summed E-state index contributed by atoms with van der Waals surface area (Å²) in [7, 11) is 0. The number of thiocarbonyl (C=S) groups is 1. The number of benzene rings is 1. The Morgan fingerprint density at radius 2 is 2.16 bits per heavy atom. The number of nitrogens with two attached hydrogens (primary N) is 1. The first-order valence-electron chi connectivity index (χ1n) is 5.61. The number of fused-ring (bicyclic) bond motifs is 1. The van der Waals surface area contributed by atoms with Gasteiger partial charge in [0.15, 0.2) is 10.7 Å². The van der Waals surface area contributed by atoms with E-state index in [1.54, 1.807) is 6.20 Å². The Morgan fingerprint density at radius 1 is 1.26 bits per heavy atom. The number of nitrogens with zero attached hydrogens (tertiary/aromatic N) is 2. The molecule has 6 heteroatoms. The minimum atomic E-state index is 0.216. The lowest BCUT2D eigenvalue weighted by Crippen LogP contribution is -2.18. The highest BCUT2D eigenvalue weighted by Crippen LogP contribution is 2.24. The van der Waals surface area contributed by atoms with Gasteiger partial charge in [0.1, 0.15) is 11.2 Å². The maximum atomic E-state index is 5.65. The largest absolute Gasteiger partial charge is 0.435 e. The van der Waals surface area contributed by atoms with Crippen molar-refractivity contribution in [3.8, 4) is 11.6 Å². The van der Waals surface area contributed by atoms with Gasteiger partial charge >= 0.3 is 0 Å². The van der Waals surface area contributed by atoms with Crippen molar-refractivity contribution in [3.05, 3.63) is 42.6 Å². The van der Waals surface area contributed by atoms with E-state index < -0.39 is 0 Å². The third-order valence-electron chi connectivity index (χ3n) is 2.54. The van der Waals surface area contributed by atoms with Gasteiger partial charge < -0.3 is 15.5 Å². The molecule has 5 nitrogen and oxygen atoms in total. The molecular weight excluding hydrogens is 260 g/mol. The first-order valence-corrected chi connectivity index (χ1v) is 6.02. The van der Waals surface area contributed by atoms with Crippen LogP contribution in [0.25, 0.3) is 22.7 Å². The molecule has 3 rings (SSSR count). The number of hydrogen-bond donors (Lipinski definition) is 2. The maximum Gasteiger partial charge on any atom is 0.246 e. The Morgan fingerprint density at radius 3 is 2.89 bits per heavy atom. The molecule has 0 saturated carbocycles. The van der Waals surface area contributed by atoms with E-state index in [0.717, 1.165) is 11.2 Å². The van der Waals surface area contributed by atoms with Crippen LogP contribution >= 0.6 is 12.2 Å². The second kappa shape index (κ2) is 4.66. The minimum absolute atomic E-state index is 0.216.